The number of carbonyl (C=O) groups excluding carboxylic acids is 2. The Hall–Kier alpha value is -2.89. The van der Waals surface area contributed by atoms with Gasteiger partial charge in [0.05, 0.1) is 12.7 Å². The number of benzene rings is 2. The number of nitrogens with one attached hydrogen (secondary N) is 1. The fraction of sp³-hybridized carbons (Fsp3) is 0.222. The molecule has 0 saturated heterocycles. The molecular weight excluding hydrogens is 313 g/mol. The quantitative estimate of drug-likeness (QED) is 0.791. The zero-order valence-electron chi connectivity index (χ0n) is 13.3. The highest BCUT2D eigenvalue weighted by atomic mass is 19.1. The molecule has 0 aliphatic rings. The van der Waals surface area contributed by atoms with Crippen molar-refractivity contribution in [2.75, 3.05) is 20.3 Å². The van der Waals surface area contributed by atoms with E-state index in [-0.39, 0.29) is 24.2 Å². The zero-order valence-corrected chi connectivity index (χ0v) is 13.3. The first-order valence-electron chi connectivity index (χ1n) is 7.41. The first kappa shape index (κ1) is 17.5. The van der Waals surface area contributed by atoms with Crippen LogP contribution in [0.5, 0.6) is 5.75 Å². The Kier molecular flexibility index (Phi) is 6.31. The Morgan fingerprint density at radius 3 is 2.46 bits per heavy atom. The summed E-state index contributed by atoms with van der Waals surface area (Å²) in [5.41, 5.74) is 1.45. The monoisotopic (exact) mass is 331 g/mol. The minimum absolute atomic E-state index is 0.0473. The summed E-state index contributed by atoms with van der Waals surface area (Å²) in [6.07, 6.45) is 0.604. The van der Waals surface area contributed by atoms with Crippen molar-refractivity contribution in [3.63, 3.8) is 0 Å². The Labute approximate surface area is 139 Å². The van der Waals surface area contributed by atoms with Gasteiger partial charge >= 0.3 is 5.97 Å². The molecule has 24 heavy (non-hydrogen) atoms. The third-order valence-corrected chi connectivity index (χ3v) is 3.31. The summed E-state index contributed by atoms with van der Waals surface area (Å²) >= 11 is 0. The van der Waals surface area contributed by atoms with E-state index >= 15 is 0 Å². The van der Waals surface area contributed by atoms with E-state index in [4.69, 9.17) is 4.74 Å². The highest BCUT2D eigenvalue weighted by molar-refractivity contribution is 5.89. The van der Waals surface area contributed by atoms with Gasteiger partial charge in [-0.3, -0.25) is 4.79 Å². The number of esters is 1. The average Bonchev–Trinajstić information content (AvgIpc) is 2.61. The average molecular weight is 331 g/mol. The molecule has 0 radical (unpaired) electrons. The van der Waals surface area contributed by atoms with Crippen LogP contribution in [-0.4, -0.2) is 32.1 Å². The summed E-state index contributed by atoms with van der Waals surface area (Å²) < 4.78 is 23.1. The van der Waals surface area contributed by atoms with E-state index in [9.17, 15) is 14.0 Å². The van der Waals surface area contributed by atoms with Gasteiger partial charge in [0.1, 0.15) is 0 Å². The standard InChI is InChI=1S/C18H18FNO4/c1-23-18(22)14-8-6-13(7-9-14)10-11-20-17(21)12-24-16-5-3-2-4-15(16)19/h2-9H,10-12H2,1H3,(H,20,21). The molecule has 0 aromatic heterocycles. The van der Waals surface area contributed by atoms with Crippen molar-refractivity contribution in [3.05, 3.63) is 65.5 Å². The third kappa shape index (κ3) is 5.08. The molecule has 0 heterocycles. The van der Waals surface area contributed by atoms with Gasteiger partial charge in [-0.25, -0.2) is 9.18 Å². The van der Waals surface area contributed by atoms with Crippen molar-refractivity contribution in [1.29, 1.82) is 0 Å². The summed E-state index contributed by atoms with van der Waals surface area (Å²) in [5.74, 6) is -1.17. The number of hydrogen-bond donors (Lipinski definition) is 1. The maximum Gasteiger partial charge on any atom is 0.337 e. The second-order valence-corrected chi connectivity index (χ2v) is 5.01. The molecule has 0 aliphatic heterocycles. The molecule has 0 atom stereocenters. The fourth-order valence-electron chi connectivity index (χ4n) is 2.03. The molecule has 2 rings (SSSR count). The molecule has 2 aromatic rings. The minimum atomic E-state index is -0.504. The van der Waals surface area contributed by atoms with Gasteiger partial charge in [0, 0.05) is 6.54 Å². The second-order valence-electron chi connectivity index (χ2n) is 5.01. The van der Waals surface area contributed by atoms with Gasteiger partial charge in [0.15, 0.2) is 18.2 Å². The van der Waals surface area contributed by atoms with E-state index in [0.29, 0.717) is 18.5 Å². The first-order valence-corrected chi connectivity index (χ1v) is 7.41. The molecule has 126 valence electrons. The van der Waals surface area contributed by atoms with E-state index in [1.807, 2.05) is 0 Å². The summed E-state index contributed by atoms with van der Waals surface area (Å²) in [6, 6.07) is 12.9. The van der Waals surface area contributed by atoms with Gasteiger partial charge in [-0.1, -0.05) is 24.3 Å². The lowest BCUT2D eigenvalue weighted by Crippen LogP contribution is -2.30. The summed E-state index contributed by atoms with van der Waals surface area (Å²) in [7, 11) is 1.33. The van der Waals surface area contributed by atoms with Crippen LogP contribution in [0.3, 0.4) is 0 Å². The van der Waals surface area contributed by atoms with Crippen molar-refractivity contribution in [1.82, 2.24) is 5.32 Å². The van der Waals surface area contributed by atoms with Gasteiger partial charge in [-0.05, 0) is 36.2 Å². The van der Waals surface area contributed by atoms with Crippen LogP contribution in [-0.2, 0) is 16.0 Å². The van der Waals surface area contributed by atoms with E-state index < -0.39 is 5.82 Å². The maximum atomic E-state index is 13.3. The maximum absolute atomic E-state index is 13.3. The first-order chi connectivity index (χ1) is 11.6. The van der Waals surface area contributed by atoms with Crippen LogP contribution in [0.4, 0.5) is 4.39 Å². The molecule has 5 nitrogen and oxygen atoms in total. The predicted molar refractivity (Wildman–Crippen MR) is 86.4 cm³/mol. The zero-order chi connectivity index (χ0) is 17.4. The number of rotatable bonds is 7. The molecule has 0 bridgehead atoms. The Bertz CT molecular complexity index is 700. The molecule has 1 N–H and O–H groups in total. The molecule has 0 unspecified atom stereocenters. The van der Waals surface area contributed by atoms with E-state index in [0.717, 1.165) is 5.56 Å². The minimum Gasteiger partial charge on any atom is -0.481 e. The Balaban J connectivity index is 1.72. The second kappa shape index (κ2) is 8.67. The van der Waals surface area contributed by atoms with E-state index in [1.165, 1.54) is 19.2 Å². The molecule has 0 saturated carbocycles. The van der Waals surface area contributed by atoms with Crippen LogP contribution >= 0.6 is 0 Å². The third-order valence-electron chi connectivity index (χ3n) is 3.31. The normalized spacial score (nSPS) is 10.1. The molecule has 2 aromatic carbocycles. The number of carbonyl (C=O) groups is 2. The molecule has 0 aliphatic carbocycles. The largest absolute Gasteiger partial charge is 0.481 e. The van der Waals surface area contributed by atoms with Crippen LogP contribution in [0.1, 0.15) is 15.9 Å². The van der Waals surface area contributed by atoms with Crippen molar-refractivity contribution < 1.29 is 23.5 Å². The number of para-hydroxylation sites is 1. The smallest absolute Gasteiger partial charge is 0.337 e. The molecule has 0 fully saturated rings. The molecule has 0 spiro atoms. The summed E-state index contributed by atoms with van der Waals surface area (Å²) in [4.78, 5) is 23.0. The van der Waals surface area contributed by atoms with Gasteiger partial charge < -0.3 is 14.8 Å². The van der Waals surface area contributed by atoms with Crippen molar-refractivity contribution in [3.8, 4) is 5.75 Å². The van der Waals surface area contributed by atoms with Crippen LogP contribution in [0.2, 0.25) is 0 Å². The molecule has 1 amide bonds. The number of amides is 1. The van der Waals surface area contributed by atoms with Gasteiger partial charge in [0.25, 0.3) is 5.91 Å². The van der Waals surface area contributed by atoms with Crippen LogP contribution in [0.25, 0.3) is 0 Å². The highest BCUT2D eigenvalue weighted by Crippen LogP contribution is 2.14. The van der Waals surface area contributed by atoms with Crippen molar-refractivity contribution in [2.45, 2.75) is 6.42 Å². The molecular formula is C18H18FNO4. The van der Waals surface area contributed by atoms with Gasteiger partial charge in [-0.2, -0.15) is 0 Å². The number of methoxy groups -OCH3 is 1. The Morgan fingerprint density at radius 2 is 1.79 bits per heavy atom. The molecule has 6 heteroatoms. The number of hydrogen-bond acceptors (Lipinski definition) is 4. The topological polar surface area (TPSA) is 64.6 Å². The number of ether oxygens (including phenoxy) is 2. The number of halogens is 1. The predicted octanol–water partition coefficient (Wildman–Crippen LogP) is 2.35. The lowest BCUT2D eigenvalue weighted by Gasteiger charge is -2.08. The van der Waals surface area contributed by atoms with Crippen LogP contribution in [0, 0.1) is 5.82 Å². The Morgan fingerprint density at radius 1 is 1.08 bits per heavy atom. The van der Waals surface area contributed by atoms with E-state index in [2.05, 4.69) is 10.1 Å². The SMILES string of the molecule is COC(=O)c1ccc(CCNC(=O)COc2ccccc2F)cc1. The highest BCUT2D eigenvalue weighted by Gasteiger charge is 2.07. The fourth-order valence-corrected chi connectivity index (χ4v) is 2.03. The van der Waals surface area contributed by atoms with Crippen molar-refractivity contribution >= 4 is 11.9 Å². The van der Waals surface area contributed by atoms with E-state index in [1.54, 1.807) is 36.4 Å². The lowest BCUT2D eigenvalue weighted by molar-refractivity contribution is -0.123. The summed E-state index contributed by atoms with van der Waals surface area (Å²) in [5, 5.41) is 2.69. The van der Waals surface area contributed by atoms with Crippen molar-refractivity contribution in [2.24, 2.45) is 0 Å². The lowest BCUT2D eigenvalue weighted by atomic mass is 10.1. The van der Waals surface area contributed by atoms with Gasteiger partial charge in [-0.15, -0.1) is 0 Å². The van der Waals surface area contributed by atoms with Crippen LogP contribution < -0.4 is 10.1 Å². The van der Waals surface area contributed by atoms with Crippen LogP contribution in [0.15, 0.2) is 48.5 Å². The summed E-state index contributed by atoms with van der Waals surface area (Å²) in [6.45, 7) is 0.166. The van der Waals surface area contributed by atoms with Gasteiger partial charge in [0.2, 0.25) is 0 Å².